The maximum atomic E-state index is 13.1. The minimum Gasteiger partial charge on any atom is -0.481 e. The number of carboxylic acids is 1. The maximum Gasteiger partial charge on any atom is 0.321 e. The summed E-state index contributed by atoms with van der Waals surface area (Å²) >= 11 is 3.22. The SMILES string of the molecule is O=C(O)[C@H]1CCCN(C(=O)Nc2cc(F)ccc2Br)C1. The summed E-state index contributed by atoms with van der Waals surface area (Å²) in [5, 5.41) is 11.6. The molecule has 2 N–H and O–H groups in total. The Kier molecular flexibility index (Phi) is 4.59. The molecule has 0 aromatic heterocycles. The normalized spacial score (nSPS) is 18.7. The van der Waals surface area contributed by atoms with Gasteiger partial charge in [-0.15, -0.1) is 0 Å². The number of urea groups is 1. The van der Waals surface area contributed by atoms with Crippen LogP contribution in [0.15, 0.2) is 22.7 Å². The standard InChI is InChI=1S/C13H14BrFN2O3/c14-10-4-3-9(15)6-11(10)16-13(20)17-5-1-2-8(7-17)12(18)19/h3-4,6,8H,1-2,5,7H2,(H,16,20)(H,18,19)/t8-/m0/s1. The Labute approximate surface area is 123 Å². The van der Waals surface area contributed by atoms with Gasteiger partial charge in [-0.05, 0) is 47.0 Å². The zero-order valence-electron chi connectivity index (χ0n) is 10.6. The first kappa shape index (κ1) is 14.8. The lowest BCUT2D eigenvalue weighted by Gasteiger charge is -2.30. The summed E-state index contributed by atoms with van der Waals surface area (Å²) in [4.78, 5) is 24.5. The Hall–Kier alpha value is -1.63. The number of aliphatic carboxylic acids is 1. The molecule has 1 heterocycles. The zero-order chi connectivity index (χ0) is 14.7. The van der Waals surface area contributed by atoms with Crippen LogP contribution in [0.5, 0.6) is 0 Å². The third-order valence-corrected chi connectivity index (χ3v) is 3.92. The molecule has 2 rings (SSSR count). The number of rotatable bonds is 2. The smallest absolute Gasteiger partial charge is 0.321 e. The number of anilines is 1. The van der Waals surface area contributed by atoms with Crippen molar-refractivity contribution >= 4 is 33.6 Å². The highest BCUT2D eigenvalue weighted by Gasteiger charge is 2.28. The van der Waals surface area contributed by atoms with E-state index < -0.39 is 23.7 Å². The van der Waals surface area contributed by atoms with Crippen LogP contribution in [-0.4, -0.2) is 35.1 Å². The van der Waals surface area contributed by atoms with Crippen LogP contribution in [0, 0.1) is 11.7 Å². The van der Waals surface area contributed by atoms with Crippen LogP contribution < -0.4 is 5.32 Å². The van der Waals surface area contributed by atoms with Crippen molar-refractivity contribution in [1.82, 2.24) is 4.90 Å². The molecule has 1 aromatic rings. The number of likely N-dealkylation sites (tertiary alicyclic amines) is 1. The van der Waals surface area contributed by atoms with E-state index in [2.05, 4.69) is 21.2 Å². The highest BCUT2D eigenvalue weighted by Crippen LogP contribution is 2.24. The van der Waals surface area contributed by atoms with Crippen molar-refractivity contribution in [2.75, 3.05) is 18.4 Å². The molecule has 20 heavy (non-hydrogen) atoms. The largest absolute Gasteiger partial charge is 0.481 e. The number of carbonyl (C=O) groups excluding carboxylic acids is 1. The van der Waals surface area contributed by atoms with Crippen LogP contribution in [0.1, 0.15) is 12.8 Å². The third-order valence-electron chi connectivity index (χ3n) is 3.23. The number of nitrogens with one attached hydrogen (secondary N) is 1. The Morgan fingerprint density at radius 1 is 1.45 bits per heavy atom. The maximum absolute atomic E-state index is 13.1. The molecule has 2 amide bonds. The Morgan fingerprint density at radius 3 is 2.90 bits per heavy atom. The molecule has 5 nitrogen and oxygen atoms in total. The monoisotopic (exact) mass is 344 g/mol. The predicted octanol–water partition coefficient (Wildman–Crippen LogP) is 2.92. The molecule has 0 bridgehead atoms. The fourth-order valence-electron chi connectivity index (χ4n) is 2.15. The molecule has 1 fully saturated rings. The van der Waals surface area contributed by atoms with E-state index in [1.54, 1.807) is 0 Å². The van der Waals surface area contributed by atoms with Gasteiger partial charge in [0.15, 0.2) is 0 Å². The molecule has 0 unspecified atom stereocenters. The molecule has 1 aliphatic heterocycles. The molecular weight excluding hydrogens is 331 g/mol. The molecule has 0 radical (unpaired) electrons. The molecular formula is C13H14BrFN2O3. The first-order valence-corrected chi connectivity index (χ1v) is 7.00. The number of amides is 2. The molecule has 0 aliphatic carbocycles. The minimum atomic E-state index is -0.894. The fraction of sp³-hybridized carbons (Fsp3) is 0.385. The van der Waals surface area contributed by atoms with Gasteiger partial charge in [-0.25, -0.2) is 9.18 Å². The summed E-state index contributed by atoms with van der Waals surface area (Å²) in [5.41, 5.74) is 0.326. The average Bonchev–Trinajstić information content (AvgIpc) is 2.43. The van der Waals surface area contributed by atoms with E-state index in [9.17, 15) is 14.0 Å². The summed E-state index contributed by atoms with van der Waals surface area (Å²) in [6.07, 6.45) is 1.22. The van der Waals surface area contributed by atoms with Crippen molar-refractivity contribution in [2.45, 2.75) is 12.8 Å². The molecule has 1 saturated heterocycles. The minimum absolute atomic E-state index is 0.175. The number of nitrogens with zero attached hydrogens (tertiary/aromatic N) is 1. The summed E-state index contributed by atoms with van der Waals surface area (Å²) in [6.45, 7) is 0.677. The van der Waals surface area contributed by atoms with Gasteiger partial charge in [-0.1, -0.05) is 0 Å². The van der Waals surface area contributed by atoms with Crippen LogP contribution in [0.25, 0.3) is 0 Å². The van der Waals surface area contributed by atoms with Gasteiger partial charge < -0.3 is 15.3 Å². The molecule has 1 atom stereocenters. The molecule has 108 valence electrons. The van der Waals surface area contributed by atoms with E-state index in [1.165, 1.54) is 23.1 Å². The first-order chi connectivity index (χ1) is 9.47. The van der Waals surface area contributed by atoms with Gasteiger partial charge in [0.25, 0.3) is 0 Å². The first-order valence-electron chi connectivity index (χ1n) is 6.21. The number of benzene rings is 1. The van der Waals surface area contributed by atoms with Crippen molar-refractivity contribution in [2.24, 2.45) is 5.92 Å². The van der Waals surface area contributed by atoms with E-state index in [4.69, 9.17) is 5.11 Å². The molecule has 0 spiro atoms. The van der Waals surface area contributed by atoms with Crippen LogP contribution in [-0.2, 0) is 4.79 Å². The van der Waals surface area contributed by atoms with Crippen molar-refractivity contribution in [3.63, 3.8) is 0 Å². The van der Waals surface area contributed by atoms with Crippen molar-refractivity contribution in [3.8, 4) is 0 Å². The van der Waals surface area contributed by atoms with Crippen molar-refractivity contribution in [1.29, 1.82) is 0 Å². The van der Waals surface area contributed by atoms with Crippen LogP contribution in [0.4, 0.5) is 14.9 Å². The second kappa shape index (κ2) is 6.21. The Balaban J connectivity index is 2.04. The lowest BCUT2D eigenvalue weighted by atomic mass is 9.99. The van der Waals surface area contributed by atoms with Crippen molar-refractivity contribution < 1.29 is 19.1 Å². The van der Waals surface area contributed by atoms with E-state index in [-0.39, 0.29) is 6.54 Å². The average molecular weight is 345 g/mol. The van der Waals surface area contributed by atoms with Crippen LogP contribution in [0.2, 0.25) is 0 Å². The van der Waals surface area contributed by atoms with Gasteiger partial charge >= 0.3 is 12.0 Å². The van der Waals surface area contributed by atoms with E-state index in [0.29, 0.717) is 29.5 Å². The second-order valence-electron chi connectivity index (χ2n) is 4.68. The fourth-order valence-corrected chi connectivity index (χ4v) is 2.50. The summed E-state index contributed by atoms with van der Waals surface area (Å²) < 4.78 is 13.7. The van der Waals surface area contributed by atoms with Gasteiger partial charge in [-0.3, -0.25) is 4.79 Å². The second-order valence-corrected chi connectivity index (χ2v) is 5.53. The lowest BCUT2D eigenvalue weighted by molar-refractivity contribution is -0.143. The molecule has 0 saturated carbocycles. The van der Waals surface area contributed by atoms with Crippen LogP contribution in [0.3, 0.4) is 0 Å². The van der Waals surface area contributed by atoms with Gasteiger partial charge in [0, 0.05) is 17.6 Å². The van der Waals surface area contributed by atoms with E-state index >= 15 is 0 Å². The van der Waals surface area contributed by atoms with Crippen molar-refractivity contribution in [3.05, 3.63) is 28.5 Å². The molecule has 1 aromatic carbocycles. The number of halogens is 2. The number of hydrogen-bond donors (Lipinski definition) is 2. The summed E-state index contributed by atoms with van der Waals surface area (Å²) in [5.74, 6) is -1.88. The highest BCUT2D eigenvalue weighted by molar-refractivity contribution is 9.10. The molecule has 1 aliphatic rings. The number of piperidine rings is 1. The van der Waals surface area contributed by atoms with E-state index in [0.717, 1.165) is 0 Å². The number of carboxylic acid groups (broad SMARTS) is 1. The topological polar surface area (TPSA) is 69.6 Å². The van der Waals surface area contributed by atoms with Gasteiger partial charge in [-0.2, -0.15) is 0 Å². The van der Waals surface area contributed by atoms with Gasteiger partial charge in [0.2, 0.25) is 0 Å². The number of hydrogen-bond acceptors (Lipinski definition) is 2. The third kappa shape index (κ3) is 3.47. The number of carbonyl (C=O) groups is 2. The Bertz CT molecular complexity index is 538. The summed E-state index contributed by atoms with van der Waals surface area (Å²) in [6, 6.07) is 3.57. The van der Waals surface area contributed by atoms with Gasteiger partial charge in [0.1, 0.15) is 5.82 Å². The quantitative estimate of drug-likeness (QED) is 0.866. The molecule has 7 heteroatoms. The highest BCUT2D eigenvalue weighted by atomic mass is 79.9. The Morgan fingerprint density at radius 2 is 2.20 bits per heavy atom. The lowest BCUT2D eigenvalue weighted by Crippen LogP contribution is -2.44. The van der Waals surface area contributed by atoms with Crippen LogP contribution >= 0.6 is 15.9 Å². The zero-order valence-corrected chi connectivity index (χ0v) is 12.2. The van der Waals surface area contributed by atoms with E-state index in [1.807, 2.05) is 0 Å². The summed E-state index contributed by atoms with van der Waals surface area (Å²) in [7, 11) is 0. The van der Waals surface area contributed by atoms with Gasteiger partial charge in [0.05, 0.1) is 11.6 Å². The predicted molar refractivity (Wildman–Crippen MR) is 75.1 cm³/mol.